The van der Waals surface area contributed by atoms with Crippen molar-refractivity contribution in [3.63, 3.8) is 0 Å². The molecule has 0 bridgehead atoms. The summed E-state index contributed by atoms with van der Waals surface area (Å²) >= 11 is 9.75. The van der Waals surface area contributed by atoms with Crippen molar-refractivity contribution in [3.05, 3.63) is 34.6 Å². The minimum atomic E-state index is -0.435. The van der Waals surface area contributed by atoms with Crippen LogP contribution in [-0.4, -0.2) is 32.7 Å². The third-order valence-corrected chi connectivity index (χ3v) is 7.34. The summed E-state index contributed by atoms with van der Waals surface area (Å²) in [5.41, 5.74) is 0.812. The van der Waals surface area contributed by atoms with Gasteiger partial charge in [-0.15, -0.1) is 0 Å². The van der Waals surface area contributed by atoms with Gasteiger partial charge in [0.1, 0.15) is 5.82 Å². The van der Waals surface area contributed by atoms with Crippen LogP contribution in [0.2, 0.25) is 5.02 Å². The van der Waals surface area contributed by atoms with Crippen LogP contribution in [-0.2, 0) is 6.42 Å². The molecule has 1 aliphatic rings. The molecule has 4 unspecified atom stereocenters. The Bertz CT molecular complexity index is 443. The number of halogens is 2. The zero-order valence-corrected chi connectivity index (χ0v) is 13.4. The van der Waals surface area contributed by atoms with Gasteiger partial charge in [0.15, 0.2) is 0 Å². The SMILES string of the molecule is CC1SCC(C(O)Cc2ccc(F)cc2Cl)SC1C. The monoisotopic (exact) mass is 320 g/mol. The number of rotatable bonds is 3. The van der Waals surface area contributed by atoms with Crippen molar-refractivity contribution in [3.8, 4) is 0 Å². The van der Waals surface area contributed by atoms with Gasteiger partial charge in [-0.3, -0.25) is 0 Å². The second-order valence-electron chi connectivity index (χ2n) is 4.93. The molecular formula is C14H18ClFOS2. The lowest BCUT2D eigenvalue weighted by Gasteiger charge is -2.34. The van der Waals surface area contributed by atoms with Crippen molar-refractivity contribution in [1.29, 1.82) is 0 Å². The van der Waals surface area contributed by atoms with Crippen LogP contribution in [0.5, 0.6) is 0 Å². The van der Waals surface area contributed by atoms with E-state index in [0.717, 1.165) is 11.3 Å². The van der Waals surface area contributed by atoms with E-state index >= 15 is 0 Å². The molecule has 0 aliphatic carbocycles. The fourth-order valence-corrected chi connectivity index (χ4v) is 5.31. The Morgan fingerprint density at radius 2 is 2.16 bits per heavy atom. The zero-order chi connectivity index (χ0) is 14.0. The second-order valence-corrected chi connectivity index (χ2v) is 8.36. The lowest BCUT2D eigenvalue weighted by atomic mass is 10.1. The second kappa shape index (κ2) is 6.70. The van der Waals surface area contributed by atoms with Gasteiger partial charge in [-0.05, 0) is 17.7 Å². The molecule has 5 heteroatoms. The highest BCUT2D eigenvalue weighted by Gasteiger charge is 2.30. The number of aliphatic hydroxyl groups excluding tert-OH is 1. The zero-order valence-electron chi connectivity index (χ0n) is 11.0. The van der Waals surface area contributed by atoms with Crippen LogP contribution in [0, 0.1) is 5.82 Å². The van der Waals surface area contributed by atoms with E-state index in [1.165, 1.54) is 12.1 Å². The van der Waals surface area contributed by atoms with Crippen molar-refractivity contribution < 1.29 is 9.50 Å². The van der Waals surface area contributed by atoms with E-state index in [1.54, 1.807) is 6.07 Å². The maximum absolute atomic E-state index is 13.0. The first-order chi connectivity index (χ1) is 8.97. The normalized spacial score (nSPS) is 29.2. The molecule has 0 saturated carbocycles. The number of benzene rings is 1. The molecule has 1 nitrogen and oxygen atoms in total. The quantitative estimate of drug-likeness (QED) is 0.908. The van der Waals surface area contributed by atoms with Gasteiger partial charge >= 0.3 is 0 Å². The first kappa shape index (κ1) is 15.5. The topological polar surface area (TPSA) is 20.2 Å². The summed E-state index contributed by atoms with van der Waals surface area (Å²) < 4.78 is 13.0. The number of hydrogen-bond donors (Lipinski definition) is 1. The molecule has 1 saturated heterocycles. The van der Waals surface area contributed by atoms with E-state index in [-0.39, 0.29) is 11.1 Å². The molecule has 1 N–H and O–H groups in total. The molecule has 4 atom stereocenters. The molecule has 1 aliphatic heterocycles. The van der Waals surface area contributed by atoms with Gasteiger partial charge in [0, 0.05) is 32.9 Å². The Morgan fingerprint density at radius 1 is 1.42 bits per heavy atom. The van der Waals surface area contributed by atoms with Gasteiger partial charge in [0.25, 0.3) is 0 Å². The van der Waals surface area contributed by atoms with Crippen LogP contribution < -0.4 is 0 Å². The highest BCUT2D eigenvalue weighted by Crippen LogP contribution is 2.37. The van der Waals surface area contributed by atoms with Crippen LogP contribution in [0.25, 0.3) is 0 Å². The highest BCUT2D eigenvalue weighted by molar-refractivity contribution is 8.07. The molecule has 0 aromatic heterocycles. The summed E-state index contributed by atoms with van der Waals surface area (Å²) in [5, 5.41) is 12.1. The van der Waals surface area contributed by atoms with Gasteiger partial charge in [-0.2, -0.15) is 23.5 Å². The predicted octanol–water partition coefficient (Wildman–Crippen LogP) is 4.01. The van der Waals surface area contributed by atoms with E-state index in [1.807, 2.05) is 23.5 Å². The van der Waals surface area contributed by atoms with Gasteiger partial charge in [-0.1, -0.05) is 31.5 Å². The molecule has 19 heavy (non-hydrogen) atoms. The molecular weight excluding hydrogens is 303 g/mol. The van der Waals surface area contributed by atoms with Gasteiger partial charge < -0.3 is 5.11 Å². The summed E-state index contributed by atoms with van der Waals surface area (Å²) in [4.78, 5) is 0. The van der Waals surface area contributed by atoms with Crippen LogP contribution in [0.1, 0.15) is 19.4 Å². The third kappa shape index (κ3) is 4.03. The molecule has 1 aromatic rings. The van der Waals surface area contributed by atoms with Crippen LogP contribution in [0.15, 0.2) is 18.2 Å². The maximum atomic E-state index is 13.0. The summed E-state index contributed by atoms with van der Waals surface area (Å²) in [7, 11) is 0. The summed E-state index contributed by atoms with van der Waals surface area (Å²) in [6, 6.07) is 4.35. The van der Waals surface area contributed by atoms with E-state index in [2.05, 4.69) is 13.8 Å². The van der Waals surface area contributed by atoms with E-state index in [4.69, 9.17) is 11.6 Å². The summed E-state index contributed by atoms with van der Waals surface area (Å²) in [6.45, 7) is 4.42. The lowest BCUT2D eigenvalue weighted by Crippen LogP contribution is -2.35. The largest absolute Gasteiger partial charge is 0.392 e. The molecule has 2 rings (SSSR count). The number of hydrogen-bond acceptors (Lipinski definition) is 3. The van der Waals surface area contributed by atoms with E-state index in [0.29, 0.717) is 21.9 Å². The van der Waals surface area contributed by atoms with Crippen molar-refractivity contribution in [2.75, 3.05) is 5.75 Å². The van der Waals surface area contributed by atoms with E-state index in [9.17, 15) is 9.50 Å². The molecule has 0 amide bonds. The Hall–Kier alpha value is 0.1000. The van der Waals surface area contributed by atoms with E-state index < -0.39 is 6.10 Å². The third-order valence-electron chi connectivity index (χ3n) is 3.45. The van der Waals surface area contributed by atoms with Crippen molar-refractivity contribution in [1.82, 2.24) is 0 Å². The Morgan fingerprint density at radius 3 is 2.79 bits per heavy atom. The molecule has 1 heterocycles. The Labute approximate surface area is 127 Å². The minimum absolute atomic E-state index is 0.220. The average Bonchev–Trinajstić information content (AvgIpc) is 2.36. The van der Waals surface area contributed by atoms with Crippen LogP contribution >= 0.6 is 35.1 Å². The number of thioether (sulfide) groups is 2. The first-order valence-corrected chi connectivity index (χ1v) is 8.73. The van der Waals surface area contributed by atoms with Gasteiger partial charge in [0.05, 0.1) is 6.10 Å². The highest BCUT2D eigenvalue weighted by atomic mass is 35.5. The molecule has 0 radical (unpaired) electrons. The molecule has 1 fully saturated rings. The lowest BCUT2D eigenvalue weighted by molar-refractivity contribution is 0.177. The Balaban J connectivity index is 1.99. The fraction of sp³-hybridized carbons (Fsp3) is 0.571. The first-order valence-electron chi connectivity index (χ1n) is 6.36. The van der Waals surface area contributed by atoms with Gasteiger partial charge in [0.2, 0.25) is 0 Å². The standard InChI is InChI=1S/C14H18ClFOS2/c1-8-9(2)19-14(7-18-8)13(17)5-10-3-4-11(16)6-12(10)15/h3-4,6,8-9,13-14,17H,5,7H2,1-2H3. The average molecular weight is 321 g/mol. The van der Waals surface area contributed by atoms with Crippen molar-refractivity contribution >= 4 is 35.1 Å². The maximum Gasteiger partial charge on any atom is 0.124 e. The molecule has 0 spiro atoms. The minimum Gasteiger partial charge on any atom is -0.392 e. The van der Waals surface area contributed by atoms with Crippen LogP contribution in [0.3, 0.4) is 0 Å². The molecule has 1 aromatic carbocycles. The summed E-state index contributed by atoms with van der Waals surface area (Å²) in [5.74, 6) is 0.615. The predicted molar refractivity (Wildman–Crippen MR) is 83.9 cm³/mol. The smallest absolute Gasteiger partial charge is 0.124 e. The fourth-order valence-electron chi connectivity index (χ4n) is 2.05. The Kier molecular flexibility index (Phi) is 5.46. The summed E-state index contributed by atoms with van der Waals surface area (Å²) in [6.07, 6.45) is 0.0498. The number of aliphatic hydroxyl groups is 1. The van der Waals surface area contributed by atoms with Gasteiger partial charge in [-0.25, -0.2) is 4.39 Å². The molecule has 106 valence electrons. The van der Waals surface area contributed by atoms with Crippen molar-refractivity contribution in [2.45, 2.75) is 42.1 Å². The van der Waals surface area contributed by atoms with Crippen molar-refractivity contribution in [2.24, 2.45) is 0 Å². The van der Waals surface area contributed by atoms with Crippen LogP contribution in [0.4, 0.5) is 4.39 Å².